The molecule has 0 N–H and O–H groups in total. The third-order valence-corrected chi connectivity index (χ3v) is 15.6. The largest absolute Gasteiger partial charge is 0.313 e. The van der Waals surface area contributed by atoms with Crippen molar-refractivity contribution in [1.29, 1.82) is 0 Å². The number of rotatable bonds is 2. The first-order valence-electron chi connectivity index (χ1n) is 22.5. The summed E-state index contributed by atoms with van der Waals surface area (Å²) >= 11 is 0. The second-order valence-electron chi connectivity index (χ2n) is 19.9. The zero-order valence-electron chi connectivity index (χ0n) is 36.9. The number of aromatic nitrogens is 1. The van der Waals surface area contributed by atoms with Crippen LogP contribution in [0.1, 0.15) is 72.2 Å². The molecule has 0 aliphatic carbocycles. The lowest BCUT2D eigenvalue weighted by Crippen LogP contribution is -2.70. The minimum absolute atomic E-state index is 0.0998. The summed E-state index contributed by atoms with van der Waals surface area (Å²) in [5, 5.41) is 2.61. The lowest BCUT2D eigenvalue weighted by molar-refractivity contribution is 0.640. The normalized spacial score (nSPS) is 15.6. The van der Waals surface area contributed by atoms with Gasteiger partial charge in [-0.25, -0.2) is 0 Å². The highest BCUT2D eigenvalue weighted by Gasteiger charge is 2.52. The Kier molecular flexibility index (Phi) is 7.06. The van der Waals surface area contributed by atoms with Crippen LogP contribution in [0, 0.1) is 27.7 Å². The fourth-order valence-electron chi connectivity index (χ4n) is 13.2. The summed E-state index contributed by atoms with van der Waals surface area (Å²) in [5.74, 6) is 0. The molecule has 0 saturated carbocycles. The first-order valence-corrected chi connectivity index (χ1v) is 22.5. The minimum atomic E-state index is -0.153. The molecular formula is C58H48B2N2. The summed E-state index contributed by atoms with van der Waals surface area (Å²) in [4.78, 5) is 2.70. The van der Waals surface area contributed by atoms with Crippen molar-refractivity contribution in [3.8, 4) is 16.8 Å². The van der Waals surface area contributed by atoms with E-state index in [2.05, 4.69) is 210 Å². The van der Waals surface area contributed by atoms with Crippen molar-refractivity contribution in [2.24, 2.45) is 0 Å². The van der Waals surface area contributed by atoms with Crippen molar-refractivity contribution in [2.45, 2.75) is 66.2 Å². The Labute approximate surface area is 366 Å². The first kappa shape index (κ1) is 36.2. The molecule has 0 unspecified atom stereocenters. The molecule has 0 radical (unpaired) electrons. The van der Waals surface area contributed by atoms with Crippen LogP contribution < -0.4 is 37.7 Å². The number of nitrogens with zero attached hydrogens (tertiary/aromatic N) is 2. The molecule has 0 amide bonds. The molecule has 0 fully saturated rings. The van der Waals surface area contributed by atoms with Gasteiger partial charge in [0.1, 0.15) is 0 Å². The third-order valence-electron chi connectivity index (χ3n) is 15.6. The second-order valence-corrected chi connectivity index (χ2v) is 19.9. The predicted octanol–water partition coefficient (Wildman–Crippen LogP) is 10.1. The average molecular weight is 795 g/mol. The third kappa shape index (κ3) is 4.47. The SMILES string of the molecule is Cc1ccc2c(c1)c1cc(C)ccc1n2-c1cccc(-c2cc3c4c(c2)B2c5ccccc5C(C)(C)c5c(C)ccc(c52)N4c2ccc(C)c4c2B3c2ccccc2C4(C)C)c1. The van der Waals surface area contributed by atoms with Gasteiger partial charge in [-0.3, -0.25) is 0 Å². The first-order chi connectivity index (χ1) is 29.9. The Morgan fingerprint density at radius 2 is 0.935 bits per heavy atom. The molecule has 8 aromatic carbocycles. The smallest absolute Gasteiger partial charge is 0.247 e. The molecule has 0 saturated heterocycles. The Bertz CT molecular complexity index is 3290. The highest BCUT2D eigenvalue weighted by molar-refractivity contribution is 7.03. The predicted molar refractivity (Wildman–Crippen MR) is 266 cm³/mol. The number of benzene rings is 8. The van der Waals surface area contributed by atoms with Crippen LogP contribution in [0.25, 0.3) is 38.6 Å². The van der Waals surface area contributed by atoms with E-state index >= 15 is 0 Å². The van der Waals surface area contributed by atoms with Crippen LogP contribution in [0.4, 0.5) is 17.1 Å². The molecule has 9 aromatic rings. The van der Waals surface area contributed by atoms with E-state index in [0.717, 1.165) is 0 Å². The van der Waals surface area contributed by atoms with Gasteiger partial charge in [0.15, 0.2) is 0 Å². The van der Waals surface area contributed by atoms with Gasteiger partial charge in [-0.1, -0.05) is 147 Å². The fourth-order valence-corrected chi connectivity index (χ4v) is 13.2. The van der Waals surface area contributed by atoms with Crippen molar-refractivity contribution in [3.05, 3.63) is 190 Å². The van der Waals surface area contributed by atoms with Crippen LogP contribution in [0.3, 0.4) is 0 Å². The van der Waals surface area contributed by atoms with E-state index in [1.807, 2.05) is 0 Å². The topological polar surface area (TPSA) is 8.17 Å². The maximum absolute atomic E-state index is 2.70. The number of anilines is 3. The number of hydrogen-bond donors (Lipinski definition) is 0. The van der Waals surface area contributed by atoms with Crippen LogP contribution in [-0.4, -0.2) is 18.0 Å². The highest BCUT2D eigenvalue weighted by Crippen LogP contribution is 2.48. The molecule has 4 aliphatic heterocycles. The van der Waals surface area contributed by atoms with Crippen LogP contribution in [0.5, 0.6) is 0 Å². The van der Waals surface area contributed by atoms with Gasteiger partial charge in [0, 0.05) is 44.4 Å². The summed E-state index contributed by atoms with van der Waals surface area (Å²) in [5.41, 5.74) is 29.6. The summed E-state index contributed by atoms with van der Waals surface area (Å²) < 4.78 is 2.48. The number of fused-ring (bicyclic) bond motifs is 11. The maximum atomic E-state index is 2.70. The number of aryl methyl sites for hydroxylation is 4. The van der Waals surface area contributed by atoms with Gasteiger partial charge in [-0.05, 0) is 143 Å². The van der Waals surface area contributed by atoms with Gasteiger partial charge < -0.3 is 9.47 Å². The van der Waals surface area contributed by atoms with Crippen molar-refractivity contribution in [3.63, 3.8) is 0 Å². The van der Waals surface area contributed by atoms with E-state index in [0.29, 0.717) is 0 Å². The Morgan fingerprint density at radius 1 is 0.435 bits per heavy atom. The van der Waals surface area contributed by atoms with Crippen molar-refractivity contribution in [1.82, 2.24) is 4.57 Å². The molecule has 5 heterocycles. The zero-order valence-corrected chi connectivity index (χ0v) is 36.9. The van der Waals surface area contributed by atoms with Gasteiger partial charge in [-0.15, -0.1) is 0 Å². The van der Waals surface area contributed by atoms with E-state index in [1.54, 1.807) is 0 Å². The van der Waals surface area contributed by atoms with Crippen molar-refractivity contribution >= 4 is 85.1 Å². The zero-order chi connectivity index (χ0) is 42.1. The Hall–Kier alpha value is -6.51. The van der Waals surface area contributed by atoms with E-state index in [-0.39, 0.29) is 24.3 Å². The lowest BCUT2D eigenvalue weighted by atomic mass is 9.26. The van der Waals surface area contributed by atoms with Gasteiger partial charge >= 0.3 is 0 Å². The molecular weight excluding hydrogens is 746 g/mol. The molecule has 0 bridgehead atoms. The molecule has 13 rings (SSSR count). The average Bonchev–Trinajstić information content (AvgIpc) is 3.58. The monoisotopic (exact) mass is 794 g/mol. The van der Waals surface area contributed by atoms with Crippen LogP contribution in [0.2, 0.25) is 0 Å². The molecule has 2 nitrogen and oxygen atoms in total. The van der Waals surface area contributed by atoms with E-state index in [4.69, 9.17) is 0 Å². The quantitative estimate of drug-likeness (QED) is 0.158. The summed E-state index contributed by atoms with van der Waals surface area (Å²) in [6, 6.07) is 56.7. The van der Waals surface area contributed by atoms with Gasteiger partial charge in [0.2, 0.25) is 13.4 Å². The number of hydrogen-bond acceptors (Lipinski definition) is 1. The molecule has 4 aliphatic rings. The Balaban J connectivity index is 1.14. The van der Waals surface area contributed by atoms with Gasteiger partial charge in [0.05, 0.1) is 11.0 Å². The summed E-state index contributed by atoms with van der Waals surface area (Å²) in [6.45, 7) is 19.1. The second kappa shape index (κ2) is 12.1. The van der Waals surface area contributed by atoms with Crippen molar-refractivity contribution in [2.75, 3.05) is 4.90 Å². The molecule has 0 atom stereocenters. The van der Waals surface area contributed by atoms with E-state index < -0.39 is 0 Å². The van der Waals surface area contributed by atoms with Crippen LogP contribution in [0.15, 0.2) is 146 Å². The molecule has 296 valence electrons. The highest BCUT2D eigenvalue weighted by atomic mass is 15.2. The standard InChI is InChI=1S/C58H48B2N2/c1-33-20-24-48-40(28-33)41-29-34(2)21-25-49(41)61(48)39-15-13-14-37(30-39)38-31-46-56-47(32-38)60-45-19-12-10-17-43(45)58(7,8)53-36(4)23-27-51(55(53)60)62(56)50-26-22-35(3)52-54(50)59(46)44-18-11-9-16-42(44)57(52,5)6/h9-32H,1-8H3. The molecule has 4 heteroatoms. The summed E-state index contributed by atoms with van der Waals surface area (Å²) in [7, 11) is 0. The van der Waals surface area contributed by atoms with E-state index in [1.165, 1.54) is 133 Å². The Morgan fingerprint density at radius 3 is 1.45 bits per heavy atom. The minimum Gasteiger partial charge on any atom is -0.313 e. The van der Waals surface area contributed by atoms with Crippen LogP contribution in [-0.2, 0) is 10.8 Å². The molecule has 1 aromatic heterocycles. The molecule has 0 spiro atoms. The van der Waals surface area contributed by atoms with Gasteiger partial charge in [0.25, 0.3) is 0 Å². The maximum Gasteiger partial charge on any atom is 0.247 e. The van der Waals surface area contributed by atoms with E-state index in [9.17, 15) is 0 Å². The lowest BCUT2D eigenvalue weighted by Gasteiger charge is -2.51. The van der Waals surface area contributed by atoms with Crippen molar-refractivity contribution < 1.29 is 0 Å². The molecule has 62 heavy (non-hydrogen) atoms. The van der Waals surface area contributed by atoms with Gasteiger partial charge in [-0.2, -0.15) is 0 Å². The summed E-state index contributed by atoms with van der Waals surface area (Å²) in [6.07, 6.45) is 0. The van der Waals surface area contributed by atoms with Crippen LogP contribution >= 0.6 is 0 Å². The fraction of sp³-hybridized carbons (Fsp3) is 0.172.